The Morgan fingerprint density at radius 1 is 1.28 bits per heavy atom. The summed E-state index contributed by atoms with van der Waals surface area (Å²) in [6.45, 7) is 11.9. The van der Waals surface area contributed by atoms with Crippen molar-refractivity contribution in [3.05, 3.63) is 16.7 Å². The first-order valence-corrected chi connectivity index (χ1v) is 12.0. The van der Waals surface area contributed by atoms with Gasteiger partial charge in [-0.1, -0.05) is 13.8 Å². The predicted molar refractivity (Wildman–Crippen MR) is 132 cm³/mol. The van der Waals surface area contributed by atoms with E-state index >= 15 is 0 Å². The van der Waals surface area contributed by atoms with Gasteiger partial charge in [0.1, 0.15) is 11.6 Å². The monoisotopic (exact) mass is 505 g/mol. The fourth-order valence-corrected chi connectivity index (χ4v) is 3.94. The van der Waals surface area contributed by atoms with Crippen LogP contribution in [0.25, 0.3) is 11.2 Å². The molecule has 3 N–H and O–H groups in total. The number of aromatic amines is 1. The molecule has 0 saturated carbocycles. The van der Waals surface area contributed by atoms with Crippen molar-refractivity contribution in [2.75, 3.05) is 31.6 Å². The number of hydrogen-bond donors (Lipinski definition) is 3. The van der Waals surface area contributed by atoms with Gasteiger partial charge in [0.2, 0.25) is 11.9 Å². The Hall–Kier alpha value is -3.48. The highest BCUT2D eigenvalue weighted by molar-refractivity contribution is 5.91. The topological polar surface area (TPSA) is 161 Å². The molecule has 2 aromatic rings. The number of rotatable bonds is 8. The molecule has 0 spiro atoms. The summed E-state index contributed by atoms with van der Waals surface area (Å²) in [5, 5.41) is 5.31. The Labute approximate surface area is 208 Å². The SMILES string of the molecule is CCOC(=O)[C@@H]1C[C@H](n2cnc3c(=O)[nH]c(NC(=O)C(C)C)nc32)CN1CCNC(=O)OC(C)(C)C. The number of nitrogens with one attached hydrogen (secondary N) is 3. The van der Waals surface area contributed by atoms with Gasteiger partial charge in [-0.05, 0) is 34.1 Å². The van der Waals surface area contributed by atoms with Crippen LogP contribution in [0.1, 0.15) is 54.0 Å². The van der Waals surface area contributed by atoms with E-state index in [0.717, 1.165) is 0 Å². The van der Waals surface area contributed by atoms with E-state index in [1.807, 2.05) is 4.90 Å². The summed E-state index contributed by atoms with van der Waals surface area (Å²) < 4.78 is 12.3. The van der Waals surface area contributed by atoms with Crippen LogP contribution in [0, 0.1) is 5.92 Å². The molecule has 0 unspecified atom stereocenters. The molecule has 1 fully saturated rings. The summed E-state index contributed by atoms with van der Waals surface area (Å²) in [4.78, 5) is 62.4. The Bertz CT molecular complexity index is 1170. The first-order chi connectivity index (χ1) is 16.9. The second-order valence-electron chi connectivity index (χ2n) is 9.96. The third-order valence-corrected chi connectivity index (χ3v) is 5.60. The third kappa shape index (κ3) is 6.59. The zero-order valence-electron chi connectivity index (χ0n) is 21.6. The van der Waals surface area contributed by atoms with E-state index in [4.69, 9.17) is 9.47 Å². The van der Waals surface area contributed by atoms with Crippen molar-refractivity contribution >= 4 is 35.1 Å². The maximum Gasteiger partial charge on any atom is 0.407 e. The fourth-order valence-electron chi connectivity index (χ4n) is 3.94. The average Bonchev–Trinajstić information content (AvgIpc) is 3.37. The fraction of sp³-hybridized carbons (Fsp3) is 0.652. The quantitative estimate of drug-likeness (QED) is 0.451. The summed E-state index contributed by atoms with van der Waals surface area (Å²) in [6.07, 6.45) is 1.38. The van der Waals surface area contributed by atoms with Crippen molar-refractivity contribution in [1.29, 1.82) is 0 Å². The van der Waals surface area contributed by atoms with Crippen LogP contribution in [-0.4, -0.2) is 80.3 Å². The van der Waals surface area contributed by atoms with Gasteiger partial charge in [-0.2, -0.15) is 4.98 Å². The number of likely N-dealkylation sites (tertiary alicyclic amines) is 1. The van der Waals surface area contributed by atoms with Crippen LogP contribution < -0.4 is 16.2 Å². The van der Waals surface area contributed by atoms with Crippen LogP contribution >= 0.6 is 0 Å². The summed E-state index contributed by atoms with van der Waals surface area (Å²) in [5.41, 5.74) is -0.650. The van der Waals surface area contributed by atoms with Crippen molar-refractivity contribution in [3.63, 3.8) is 0 Å². The van der Waals surface area contributed by atoms with Gasteiger partial charge in [0.15, 0.2) is 11.2 Å². The highest BCUT2D eigenvalue weighted by atomic mass is 16.6. The number of H-pyrrole nitrogens is 1. The molecule has 0 aliphatic carbocycles. The molecule has 1 aliphatic heterocycles. The Balaban J connectivity index is 1.80. The van der Waals surface area contributed by atoms with Crippen molar-refractivity contribution in [1.82, 2.24) is 29.7 Å². The number of amides is 2. The van der Waals surface area contributed by atoms with Gasteiger partial charge < -0.3 is 19.4 Å². The number of carbonyl (C=O) groups is 3. The van der Waals surface area contributed by atoms with Crippen LogP contribution in [0.5, 0.6) is 0 Å². The lowest BCUT2D eigenvalue weighted by molar-refractivity contribution is -0.148. The summed E-state index contributed by atoms with van der Waals surface area (Å²) in [5.74, 6) is -0.905. The van der Waals surface area contributed by atoms with Crippen LogP contribution in [0.15, 0.2) is 11.1 Å². The third-order valence-electron chi connectivity index (χ3n) is 5.60. The predicted octanol–water partition coefficient (Wildman–Crippen LogP) is 1.42. The molecule has 0 radical (unpaired) electrons. The Morgan fingerprint density at radius 2 is 2.00 bits per heavy atom. The maximum absolute atomic E-state index is 12.7. The highest BCUT2D eigenvalue weighted by Crippen LogP contribution is 2.30. The smallest absolute Gasteiger partial charge is 0.407 e. The molecule has 2 amide bonds. The van der Waals surface area contributed by atoms with E-state index in [1.165, 1.54) is 6.33 Å². The minimum atomic E-state index is -0.614. The minimum Gasteiger partial charge on any atom is -0.465 e. The van der Waals surface area contributed by atoms with E-state index in [1.54, 1.807) is 46.1 Å². The van der Waals surface area contributed by atoms with Crippen LogP contribution in [-0.2, 0) is 19.1 Å². The van der Waals surface area contributed by atoms with Gasteiger partial charge in [-0.25, -0.2) is 9.78 Å². The van der Waals surface area contributed by atoms with Gasteiger partial charge in [0.25, 0.3) is 5.56 Å². The van der Waals surface area contributed by atoms with Crippen molar-refractivity contribution in [3.8, 4) is 0 Å². The second-order valence-corrected chi connectivity index (χ2v) is 9.96. The number of fused-ring (bicyclic) bond motifs is 1. The second kappa shape index (κ2) is 11.1. The number of anilines is 1. The summed E-state index contributed by atoms with van der Waals surface area (Å²) in [7, 11) is 0. The number of alkyl carbamates (subject to hydrolysis) is 1. The molecule has 2 atom stereocenters. The van der Waals surface area contributed by atoms with Gasteiger partial charge in [0, 0.05) is 25.6 Å². The molecule has 3 heterocycles. The minimum absolute atomic E-state index is 0.0336. The first-order valence-electron chi connectivity index (χ1n) is 12.0. The number of aromatic nitrogens is 4. The van der Waals surface area contributed by atoms with Crippen LogP contribution in [0.4, 0.5) is 10.7 Å². The number of imidazole rings is 1. The summed E-state index contributed by atoms with van der Waals surface area (Å²) >= 11 is 0. The molecule has 198 valence electrons. The van der Waals surface area contributed by atoms with E-state index in [9.17, 15) is 19.2 Å². The Kier molecular flexibility index (Phi) is 8.33. The van der Waals surface area contributed by atoms with Crippen molar-refractivity contribution in [2.45, 2.75) is 65.6 Å². The molecular formula is C23H35N7O6. The molecule has 3 rings (SSSR count). The lowest BCUT2D eigenvalue weighted by Gasteiger charge is -2.23. The summed E-state index contributed by atoms with van der Waals surface area (Å²) in [6, 6.07) is -0.788. The number of nitrogens with zero attached hydrogens (tertiary/aromatic N) is 4. The molecule has 2 aromatic heterocycles. The van der Waals surface area contributed by atoms with Crippen molar-refractivity contribution in [2.24, 2.45) is 5.92 Å². The van der Waals surface area contributed by atoms with Gasteiger partial charge in [0.05, 0.1) is 19.0 Å². The van der Waals surface area contributed by atoms with Crippen molar-refractivity contribution < 1.29 is 23.9 Å². The van der Waals surface area contributed by atoms with Gasteiger partial charge >= 0.3 is 12.1 Å². The lowest BCUT2D eigenvalue weighted by atomic mass is 10.1. The zero-order chi connectivity index (χ0) is 26.6. The van der Waals surface area contributed by atoms with E-state index in [-0.39, 0.29) is 48.5 Å². The molecule has 36 heavy (non-hydrogen) atoms. The number of esters is 1. The van der Waals surface area contributed by atoms with Crippen LogP contribution in [0.3, 0.4) is 0 Å². The van der Waals surface area contributed by atoms with Gasteiger partial charge in [-0.15, -0.1) is 0 Å². The molecular weight excluding hydrogens is 470 g/mol. The average molecular weight is 506 g/mol. The van der Waals surface area contributed by atoms with E-state index < -0.39 is 23.3 Å². The first kappa shape index (κ1) is 27.1. The van der Waals surface area contributed by atoms with E-state index in [2.05, 4.69) is 25.6 Å². The molecule has 13 heteroatoms. The molecule has 0 aromatic carbocycles. The zero-order valence-corrected chi connectivity index (χ0v) is 21.6. The molecule has 0 bridgehead atoms. The molecule has 13 nitrogen and oxygen atoms in total. The van der Waals surface area contributed by atoms with E-state index in [0.29, 0.717) is 25.2 Å². The van der Waals surface area contributed by atoms with Crippen LogP contribution in [0.2, 0.25) is 0 Å². The number of carbonyl (C=O) groups excluding carboxylic acids is 3. The Morgan fingerprint density at radius 3 is 2.64 bits per heavy atom. The normalized spacial score (nSPS) is 18.4. The largest absolute Gasteiger partial charge is 0.465 e. The van der Waals surface area contributed by atoms with Gasteiger partial charge in [-0.3, -0.25) is 29.6 Å². The lowest BCUT2D eigenvalue weighted by Crippen LogP contribution is -2.42. The molecule has 1 saturated heterocycles. The maximum atomic E-state index is 12.7. The number of hydrogen-bond acceptors (Lipinski definition) is 9. The standard InChI is InChI=1S/C23H35N7O6/c1-7-35-20(33)15-10-14(11-29(15)9-8-24-22(34)36-23(4,5)6)30-12-25-16-17(30)26-21(28-19(16)32)27-18(31)13(2)3/h12-15H,7-11H2,1-6H3,(H,24,34)(H2,26,27,28,31,32)/t14-,15-/m0/s1. The number of ether oxygens (including phenoxy) is 2. The highest BCUT2D eigenvalue weighted by Gasteiger charge is 2.39. The molecule has 1 aliphatic rings.